The molecule has 1 aliphatic rings. The average molecular weight is 513 g/mol. The summed E-state index contributed by atoms with van der Waals surface area (Å²) >= 11 is 0. The highest BCUT2D eigenvalue weighted by Gasteiger charge is 2.34. The summed E-state index contributed by atoms with van der Waals surface area (Å²) in [5.41, 5.74) is 2.20. The predicted octanol–water partition coefficient (Wildman–Crippen LogP) is 4.21. The first-order valence-corrected chi connectivity index (χ1v) is 13.1. The monoisotopic (exact) mass is 512 g/mol. The first-order chi connectivity index (χ1) is 19.1. The standard InChI is InChI=1S/C33H25N3O3/c37-31-29(30-26-16-6-3-11-23(26)19-20-34-30)32(38)36(28-18-8-13-22-10-2-5-15-25(22)28)33(39)35(31)27-17-7-12-21-9-1-4-14-24(21)27/h1-18,30,34,37H,19-20H2/p+1/t30-/m0/s1. The van der Waals surface area contributed by atoms with E-state index in [0.717, 1.165) is 45.6 Å². The Morgan fingerprint density at radius 3 is 1.92 bits per heavy atom. The van der Waals surface area contributed by atoms with Gasteiger partial charge < -0.3 is 10.4 Å². The largest absolute Gasteiger partial charge is 0.494 e. The van der Waals surface area contributed by atoms with Gasteiger partial charge in [-0.3, -0.25) is 4.79 Å². The number of aromatic hydroxyl groups is 1. The van der Waals surface area contributed by atoms with Crippen molar-refractivity contribution in [3.05, 3.63) is 147 Å². The lowest BCUT2D eigenvalue weighted by Crippen LogP contribution is -2.88. The molecular weight excluding hydrogens is 486 g/mol. The highest BCUT2D eigenvalue weighted by atomic mass is 16.3. The van der Waals surface area contributed by atoms with Crippen molar-refractivity contribution < 1.29 is 10.4 Å². The molecule has 6 nitrogen and oxygen atoms in total. The Morgan fingerprint density at radius 1 is 0.667 bits per heavy atom. The van der Waals surface area contributed by atoms with Crippen LogP contribution in [0.3, 0.4) is 0 Å². The van der Waals surface area contributed by atoms with E-state index in [-0.39, 0.29) is 11.4 Å². The second-order valence-electron chi connectivity index (χ2n) is 9.94. The van der Waals surface area contributed by atoms with Gasteiger partial charge in [0.1, 0.15) is 11.6 Å². The van der Waals surface area contributed by atoms with Gasteiger partial charge in [-0.1, -0.05) is 97.1 Å². The molecule has 5 aromatic carbocycles. The third kappa shape index (κ3) is 3.60. The molecule has 0 bridgehead atoms. The number of rotatable bonds is 3. The van der Waals surface area contributed by atoms with Crippen molar-refractivity contribution in [2.24, 2.45) is 0 Å². The SMILES string of the molecule is O=c1c([C@H]2[NH2+]CCc3ccccc32)c(O)n(-c2cccc3ccccc23)c(=O)n1-c1cccc2ccccc12. The molecule has 1 atom stereocenters. The van der Waals surface area contributed by atoms with E-state index in [0.29, 0.717) is 11.4 Å². The molecule has 6 aromatic rings. The maximum Gasteiger partial charge on any atom is 0.343 e. The van der Waals surface area contributed by atoms with Gasteiger partial charge in [0.15, 0.2) is 0 Å². The molecule has 39 heavy (non-hydrogen) atoms. The Kier molecular flexibility index (Phi) is 5.42. The van der Waals surface area contributed by atoms with E-state index < -0.39 is 17.3 Å². The Balaban J connectivity index is 1.63. The maximum absolute atomic E-state index is 14.4. The second-order valence-corrected chi connectivity index (χ2v) is 9.94. The highest BCUT2D eigenvalue weighted by molar-refractivity contribution is 5.91. The van der Waals surface area contributed by atoms with Crippen LogP contribution in [-0.2, 0) is 6.42 Å². The van der Waals surface area contributed by atoms with Crippen LogP contribution in [0, 0.1) is 0 Å². The van der Waals surface area contributed by atoms with Gasteiger partial charge in [0, 0.05) is 22.8 Å². The summed E-state index contributed by atoms with van der Waals surface area (Å²) in [5, 5.41) is 17.4. The van der Waals surface area contributed by atoms with Gasteiger partial charge >= 0.3 is 5.69 Å². The minimum absolute atomic E-state index is 0.197. The summed E-state index contributed by atoms with van der Waals surface area (Å²) in [6, 6.07) is 34.2. The smallest absolute Gasteiger partial charge is 0.343 e. The van der Waals surface area contributed by atoms with Gasteiger partial charge in [-0.05, 0) is 28.5 Å². The average Bonchev–Trinajstić information content (AvgIpc) is 2.97. The zero-order valence-electron chi connectivity index (χ0n) is 21.1. The predicted molar refractivity (Wildman–Crippen MR) is 153 cm³/mol. The number of quaternary nitrogens is 1. The summed E-state index contributed by atoms with van der Waals surface area (Å²) in [5.74, 6) is -0.323. The van der Waals surface area contributed by atoms with E-state index in [1.165, 1.54) is 9.13 Å². The van der Waals surface area contributed by atoms with Gasteiger partial charge in [-0.2, -0.15) is 0 Å². The van der Waals surface area contributed by atoms with Crippen molar-refractivity contribution in [1.82, 2.24) is 9.13 Å². The lowest BCUT2D eigenvalue weighted by molar-refractivity contribution is -0.690. The zero-order chi connectivity index (χ0) is 26.5. The van der Waals surface area contributed by atoms with Crippen LogP contribution in [0.1, 0.15) is 22.7 Å². The molecule has 0 fully saturated rings. The molecule has 0 aliphatic carbocycles. The van der Waals surface area contributed by atoms with Crippen molar-refractivity contribution in [3.63, 3.8) is 0 Å². The first-order valence-electron chi connectivity index (χ1n) is 13.1. The molecule has 3 N–H and O–H groups in total. The molecule has 1 aromatic heterocycles. The fourth-order valence-electron chi connectivity index (χ4n) is 5.99. The molecule has 0 spiro atoms. The number of fused-ring (bicyclic) bond motifs is 3. The summed E-state index contributed by atoms with van der Waals surface area (Å²) in [4.78, 5) is 28.7. The summed E-state index contributed by atoms with van der Waals surface area (Å²) < 4.78 is 2.52. The molecule has 7 rings (SSSR count). The lowest BCUT2D eigenvalue weighted by Gasteiger charge is -2.26. The van der Waals surface area contributed by atoms with Gasteiger partial charge in [-0.15, -0.1) is 0 Å². The first kappa shape index (κ1) is 23.2. The minimum Gasteiger partial charge on any atom is -0.494 e. The highest BCUT2D eigenvalue weighted by Crippen LogP contribution is 2.31. The number of benzene rings is 5. The van der Waals surface area contributed by atoms with Gasteiger partial charge in [-0.25, -0.2) is 13.9 Å². The van der Waals surface area contributed by atoms with Crippen molar-refractivity contribution in [2.75, 3.05) is 6.54 Å². The van der Waals surface area contributed by atoms with Crippen LogP contribution in [0.25, 0.3) is 32.9 Å². The molecule has 0 radical (unpaired) electrons. The van der Waals surface area contributed by atoms with E-state index >= 15 is 0 Å². The van der Waals surface area contributed by atoms with E-state index in [1.54, 1.807) is 6.07 Å². The van der Waals surface area contributed by atoms with Crippen LogP contribution in [0.2, 0.25) is 0 Å². The quantitative estimate of drug-likeness (QED) is 0.373. The van der Waals surface area contributed by atoms with Gasteiger partial charge in [0.2, 0.25) is 5.88 Å². The summed E-state index contributed by atoms with van der Waals surface area (Å²) in [6.07, 6.45) is 0.869. The molecule has 0 saturated heterocycles. The summed E-state index contributed by atoms with van der Waals surface area (Å²) in [6.45, 7) is 0.766. The van der Waals surface area contributed by atoms with Gasteiger partial charge in [0.25, 0.3) is 5.56 Å². The fourth-order valence-corrected chi connectivity index (χ4v) is 5.99. The number of hydrogen-bond donors (Lipinski definition) is 2. The maximum atomic E-state index is 14.4. The Morgan fingerprint density at radius 2 is 1.23 bits per heavy atom. The van der Waals surface area contributed by atoms with Crippen LogP contribution < -0.4 is 16.6 Å². The Labute approximate surface area is 224 Å². The molecule has 0 saturated carbocycles. The van der Waals surface area contributed by atoms with Crippen LogP contribution in [0.15, 0.2) is 119 Å². The second kappa shape index (κ2) is 9.11. The third-order valence-electron chi connectivity index (χ3n) is 7.80. The van der Waals surface area contributed by atoms with Crippen molar-refractivity contribution in [3.8, 4) is 17.3 Å². The number of aromatic nitrogens is 2. The van der Waals surface area contributed by atoms with E-state index in [9.17, 15) is 14.7 Å². The Hall–Kier alpha value is -4.94. The van der Waals surface area contributed by atoms with E-state index in [1.807, 2.05) is 97.1 Å². The third-order valence-corrected chi connectivity index (χ3v) is 7.80. The molecule has 0 amide bonds. The number of nitrogens with two attached hydrogens (primary N) is 1. The lowest BCUT2D eigenvalue weighted by atomic mass is 9.90. The number of nitrogens with zero attached hydrogens (tertiary/aromatic N) is 2. The minimum atomic E-state index is -0.613. The topological polar surface area (TPSA) is 80.8 Å². The number of hydrogen-bond acceptors (Lipinski definition) is 3. The van der Waals surface area contributed by atoms with Crippen molar-refractivity contribution in [1.29, 1.82) is 0 Å². The van der Waals surface area contributed by atoms with Crippen LogP contribution in [-0.4, -0.2) is 20.8 Å². The molecule has 6 heteroatoms. The summed E-state index contributed by atoms with van der Waals surface area (Å²) in [7, 11) is 0. The molecule has 2 heterocycles. The van der Waals surface area contributed by atoms with Crippen LogP contribution >= 0.6 is 0 Å². The molecule has 1 aliphatic heterocycles. The van der Waals surface area contributed by atoms with E-state index in [4.69, 9.17) is 0 Å². The Bertz CT molecular complexity index is 2010. The van der Waals surface area contributed by atoms with E-state index in [2.05, 4.69) is 11.4 Å². The van der Waals surface area contributed by atoms with Crippen molar-refractivity contribution in [2.45, 2.75) is 12.5 Å². The molecular formula is C33H26N3O3+. The zero-order valence-corrected chi connectivity index (χ0v) is 21.1. The van der Waals surface area contributed by atoms with Crippen LogP contribution in [0.4, 0.5) is 0 Å². The van der Waals surface area contributed by atoms with Crippen molar-refractivity contribution >= 4 is 21.5 Å². The fraction of sp³-hybridized carbons (Fsp3) is 0.0909. The van der Waals surface area contributed by atoms with Crippen LogP contribution in [0.5, 0.6) is 5.88 Å². The van der Waals surface area contributed by atoms with Gasteiger partial charge in [0.05, 0.1) is 17.9 Å². The molecule has 0 unspecified atom stereocenters. The normalized spacial score (nSPS) is 14.9. The molecule has 190 valence electrons.